The minimum Gasteiger partial charge on any atom is -0.391 e. The summed E-state index contributed by atoms with van der Waals surface area (Å²) in [5, 5.41) is 13.3. The molecule has 0 aromatic carbocycles. The Kier molecular flexibility index (Phi) is 6.36. The van der Waals surface area contributed by atoms with E-state index in [0.29, 0.717) is 11.7 Å². The number of hydrogen-bond acceptors (Lipinski definition) is 4. The van der Waals surface area contributed by atoms with Crippen LogP contribution in [0.2, 0.25) is 5.15 Å². The highest BCUT2D eigenvalue weighted by Gasteiger charge is 2.10. The lowest BCUT2D eigenvalue weighted by atomic mass is 10.2. The van der Waals surface area contributed by atoms with Crippen LogP contribution in [0.25, 0.3) is 0 Å². The molecule has 5 heteroatoms. The van der Waals surface area contributed by atoms with Crippen molar-refractivity contribution in [1.82, 2.24) is 9.97 Å². The zero-order valence-corrected chi connectivity index (χ0v) is 12.1. The van der Waals surface area contributed by atoms with Crippen molar-refractivity contribution in [3.8, 4) is 0 Å². The van der Waals surface area contributed by atoms with Gasteiger partial charge in [-0.2, -0.15) is 0 Å². The van der Waals surface area contributed by atoms with Crippen LogP contribution in [0, 0.1) is 6.92 Å². The molecule has 0 saturated carbocycles. The zero-order chi connectivity index (χ0) is 13.5. The summed E-state index contributed by atoms with van der Waals surface area (Å²) in [6.45, 7) is 6.50. The molecule has 0 spiro atoms. The predicted octanol–water partition coefficient (Wildman–Crippen LogP) is 2.96. The molecule has 1 aromatic rings. The largest absolute Gasteiger partial charge is 0.391 e. The van der Waals surface area contributed by atoms with Crippen LogP contribution in [0.1, 0.15) is 44.5 Å². The first-order valence-corrected chi connectivity index (χ1v) is 6.91. The number of nitrogens with zero attached hydrogens (tertiary/aromatic N) is 2. The second kappa shape index (κ2) is 7.54. The SMILES string of the molecule is CCCc1nc(Cl)c(C)c(NCC(O)CCC)n1. The molecule has 2 N–H and O–H groups in total. The maximum atomic E-state index is 9.70. The first kappa shape index (κ1) is 15.2. The highest BCUT2D eigenvalue weighted by atomic mass is 35.5. The van der Waals surface area contributed by atoms with E-state index in [1.54, 1.807) is 0 Å². The van der Waals surface area contributed by atoms with Crippen LogP contribution in [0.3, 0.4) is 0 Å². The van der Waals surface area contributed by atoms with Gasteiger partial charge in [-0.3, -0.25) is 0 Å². The lowest BCUT2D eigenvalue weighted by Gasteiger charge is -2.14. The van der Waals surface area contributed by atoms with E-state index in [2.05, 4.69) is 29.1 Å². The molecule has 0 aliphatic heterocycles. The molecule has 0 aliphatic rings. The number of aryl methyl sites for hydroxylation is 1. The number of nitrogens with one attached hydrogen (secondary N) is 1. The van der Waals surface area contributed by atoms with Crippen molar-refractivity contribution in [2.24, 2.45) is 0 Å². The molecule has 1 atom stereocenters. The van der Waals surface area contributed by atoms with Crippen LogP contribution < -0.4 is 5.32 Å². The molecule has 1 aromatic heterocycles. The Morgan fingerprint density at radius 1 is 1.28 bits per heavy atom. The van der Waals surface area contributed by atoms with Crippen molar-refractivity contribution in [3.63, 3.8) is 0 Å². The highest BCUT2D eigenvalue weighted by Crippen LogP contribution is 2.20. The summed E-state index contributed by atoms with van der Waals surface area (Å²) in [6.07, 6.45) is 3.20. The molecule has 18 heavy (non-hydrogen) atoms. The van der Waals surface area contributed by atoms with Gasteiger partial charge in [0.05, 0.1) is 6.10 Å². The van der Waals surface area contributed by atoms with E-state index in [1.807, 2.05) is 6.92 Å². The van der Waals surface area contributed by atoms with Gasteiger partial charge in [-0.1, -0.05) is 31.9 Å². The maximum Gasteiger partial charge on any atom is 0.137 e. The van der Waals surface area contributed by atoms with Gasteiger partial charge in [0.1, 0.15) is 16.8 Å². The molecule has 0 bridgehead atoms. The maximum absolute atomic E-state index is 9.70. The summed E-state index contributed by atoms with van der Waals surface area (Å²) in [6, 6.07) is 0. The quantitative estimate of drug-likeness (QED) is 0.749. The molecular weight excluding hydrogens is 250 g/mol. The Hall–Kier alpha value is -0.870. The second-order valence-electron chi connectivity index (χ2n) is 4.48. The monoisotopic (exact) mass is 271 g/mol. The van der Waals surface area contributed by atoms with Crippen LogP contribution in [0.4, 0.5) is 5.82 Å². The molecule has 1 rings (SSSR count). The van der Waals surface area contributed by atoms with Crippen molar-refractivity contribution in [1.29, 1.82) is 0 Å². The number of hydrogen-bond donors (Lipinski definition) is 2. The van der Waals surface area contributed by atoms with Crippen molar-refractivity contribution in [2.45, 2.75) is 52.6 Å². The summed E-state index contributed by atoms with van der Waals surface area (Å²) >= 11 is 6.08. The topological polar surface area (TPSA) is 58.0 Å². The average Bonchev–Trinajstić information content (AvgIpc) is 2.32. The third-order valence-electron chi connectivity index (χ3n) is 2.73. The van der Waals surface area contributed by atoms with Gasteiger partial charge in [0, 0.05) is 18.5 Å². The molecule has 0 radical (unpaired) electrons. The third kappa shape index (κ3) is 4.42. The summed E-state index contributed by atoms with van der Waals surface area (Å²) in [5.74, 6) is 1.48. The number of aliphatic hydroxyl groups excluding tert-OH is 1. The van der Waals surface area contributed by atoms with Gasteiger partial charge in [-0.05, 0) is 19.8 Å². The normalized spacial score (nSPS) is 12.5. The third-order valence-corrected chi connectivity index (χ3v) is 3.10. The average molecular weight is 272 g/mol. The minimum absolute atomic E-state index is 0.349. The van der Waals surface area contributed by atoms with Crippen LogP contribution in [-0.4, -0.2) is 27.7 Å². The van der Waals surface area contributed by atoms with Crippen molar-refractivity contribution >= 4 is 17.4 Å². The van der Waals surface area contributed by atoms with Gasteiger partial charge in [0.2, 0.25) is 0 Å². The zero-order valence-electron chi connectivity index (χ0n) is 11.3. The molecule has 1 heterocycles. The first-order chi connectivity index (χ1) is 8.58. The standard InChI is InChI=1S/C13H22ClN3O/c1-4-6-10(18)8-15-13-9(3)12(14)16-11(17-13)7-5-2/h10,18H,4-8H2,1-3H3,(H,15,16,17). The molecule has 0 aliphatic carbocycles. The van der Waals surface area contributed by atoms with Crippen LogP contribution in [0.15, 0.2) is 0 Å². The Balaban J connectivity index is 2.74. The van der Waals surface area contributed by atoms with Crippen LogP contribution in [0.5, 0.6) is 0 Å². The summed E-state index contributed by atoms with van der Waals surface area (Å²) < 4.78 is 0. The molecule has 4 nitrogen and oxygen atoms in total. The first-order valence-electron chi connectivity index (χ1n) is 6.53. The van der Waals surface area contributed by atoms with Gasteiger partial charge in [-0.15, -0.1) is 0 Å². The van der Waals surface area contributed by atoms with Crippen LogP contribution in [-0.2, 0) is 6.42 Å². The smallest absolute Gasteiger partial charge is 0.137 e. The number of rotatable bonds is 7. The van der Waals surface area contributed by atoms with E-state index in [-0.39, 0.29) is 6.10 Å². The van der Waals surface area contributed by atoms with Crippen molar-refractivity contribution in [2.75, 3.05) is 11.9 Å². The van der Waals surface area contributed by atoms with Crippen molar-refractivity contribution < 1.29 is 5.11 Å². The Labute approximate surface area is 114 Å². The van der Waals surface area contributed by atoms with E-state index in [4.69, 9.17) is 11.6 Å². The van der Waals surface area contributed by atoms with Gasteiger partial charge in [0.25, 0.3) is 0 Å². The molecule has 0 amide bonds. The van der Waals surface area contributed by atoms with E-state index >= 15 is 0 Å². The Morgan fingerprint density at radius 2 is 2.00 bits per heavy atom. The molecule has 102 valence electrons. The van der Waals surface area contributed by atoms with Gasteiger partial charge in [-0.25, -0.2) is 9.97 Å². The summed E-state index contributed by atoms with van der Waals surface area (Å²) in [4.78, 5) is 8.68. The minimum atomic E-state index is -0.349. The van der Waals surface area contributed by atoms with E-state index in [0.717, 1.165) is 42.9 Å². The van der Waals surface area contributed by atoms with Crippen LogP contribution >= 0.6 is 11.6 Å². The number of halogens is 1. The summed E-state index contributed by atoms with van der Waals surface area (Å²) in [7, 11) is 0. The van der Waals surface area contributed by atoms with Gasteiger partial charge < -0.3 is 10.4 Å². The molecular formula is C13H22ClN3O. The fraction of sp³-hybridized carbons (Fsp3) is 0.692. The lowest BCUT2D eigenvalue weighted by molar-refractivity contribution is 0.176. The Bertz CT molecular complexity index is 385. The fourth-order valence-corrected chi connectivity index (χ4v) is 1.88. The Morgan fingerprint density at radius 3 is 2.61 bits per heavy atom. The van der Waals surface area contributed by atoms with Gasteiger partial charge in [0.15, 0.2) is 0 Å². The fourth-order valence-electron chi connectivity index (χ4n) is 1.69. The molecule has 1 unspecified atom stereocenters. The second-order valence-corrected chi connectivity index (χ2v) is 4.84. The number of aromatic nitrogens is 2. The lowest BCUT2D eigenvalue weighted by Crippen LogP contribution is -2.20. The highest BCUT2D eigenvalue weighted by molar-refractivity contribution is 6.30. The van der Waals surface area contributed by atoms with E-state index in [1.165, 1.54) is 0 Å². The number of anilines is 1. The molecule has 0 saturated heterocycles. The predicted molar refractivity (Wildman–Crippen MR) is 75.2 cm³/mol. The van der Waals surface area contributed by atoms with E-state index < -0.39 is 0 Å². The molecule has 0 fully saturated rings. The van der Waals surface area contributed by atoms with Crippen molar-refractivity contribution in [3.05, 3.63) is 16.5 Å². The summed E-state index contributed by atoms with van der Waals surface area (Å²) in [5.41, 5.74) is 0.834. The van der Waals surface area contributed by atoms with E-state index in [9.17, 15) is 5.11 Å². The number of aliphatic hydroxyl groups is 1. The van der Waals surface area contributed by atoms with Gasteiger partial charge >= 0.3 is 0 Å².